The first-order chi connectivity index (χ1) is 7.17. The summed E-state index contributed by atoms with van der Waals surface area (Å²) in [5.74, 6) is 0. The number of hydrogen-bond acceptors (Lipinski definition) is 3. The first-order valence-electron chi connectivity index (χ1n) is 5.19. The van der Waals surface area contributed by atoms with Gasteiger partial charge in [0.05, 0.1) is 11.6 Å². The van der Waals surface area contributed by atoms with Gasteiger partial charge in [-0.15, -0.1) is 0 Å². The van der Waals surface area contributed by atoms with E-state index in [1.54, 1.807) is 6.07 Å². The van der Waals surface area contributed by atoms with Crippen LogP contribution in [-0.4, -0.2) is 13.6 Å². The summed E-state index contributed by atoms with van der Waals surface area (Å²) in [5.41, 5.74) is 8.00. The van der Waals surface area contributed by atoms with E-state index in [4.69, 9.17) is 11.0 Å². The van der Waals surface area contributed by atoms with Crippen LogP contribution in [0.1, 0.15) is 25.3 Å². The van der Waals surface area contributed by atoms with Crippen LogP contribution in [0.5, 0.6) is 0 Å². The van der Waals surface area contributed by atoms with Gasteiger partial charge in [0.2, 0.25) is 0 Å². The Kier molecular flexibility index (Phi) is 3.99. The second-order valence-corrected chi connectivity index (χ2v) is 3.70. The zero-order valence-electron chi connectivity index (χ0n) is 9.33. The lowest BCUT2D eigenvalue weighted by Crippen LogP contribution is -2.18. The molecule has 0 saturated carbocycles. The fraction of sp³-hybridized carbons (Fsp3) is 0.417. The van der Waals surface area contributed by atoms with Crippen LogP contribution in [-0.2, 0) is 0 Å². The van der Waals surface area contributed by atoms with Crippen LogP contribution in [0, 0.1) is 11.3 Å². The van der Waals surface area contributed by atoms with E-state index in [2.05, 4.69) is 17.9 Å². The third kappa shape index (κ3) is 3.17. The molecule has 0 atom stereocenters. The van der Waals surface area contributed by atoms with Gasteiger partial charge in [0.15, 0.2) is 0 Å². The Hall–Kier alpha value is -1.69. The normalized spacial score (nSPS) is 9.67. The zero-order chi connectivity index (χ0) is 11.3. The Balaban J connectivity index is 2.84. The quantitative estimate of drug-likeness (QED) is 0.764. The number of benzene rings is 1. The van der Waals surface area contributed by atoms with Crippen molar-refractivity contribution in [3.05, 3.63) is 23.8 Å². The van der Waals surface area contributed by atoms with Crippen LogP contribution in [0.25, 0.3) is 0 Å². The molecule has 0 amide bonds. The van der Waals surface area contributed by atoms with Crippen LogP contribution in [0.3, 0.4) is 0 Å². The molecule has 3 nitrogen and oxygen atoms in total. The van der Waals surface area contributed by atoms with Gasteiger partial charge in [-0.3, -0.25) is 0 Å². The van der Waals surface area contributed by atoms with E-state index in [-0.39, 0.29) is 0 Å². The van der Waals surface area contributed by atoms with E-state index in [1.165, 1.54) is 0 Å². The van der Waals surface area contributed by atoms with Gasteiger partial charge in [-0.05, 0) is 24.6 Å². The monoisotopic (exact) mass is 203 g/mol. The van der Waals surface area contributed by atoms with Crippen molar-refractivity contribution in [3.8, 4) is 6.07 Å². The van der Waals surface area contributed by atoms with Crippen LogP contribution >= 0.6 is 0 Å². The Labute approximate surface area is 91.1 Å². The van der Waals surface area contributed by atoms with Gasteiger partial charge in [0, 0.05) is 25.0 Å². The maximum Gasteiger partial charge on any atom is 0.0993 e. The summed E-state index contributed by atoms with van der Waals surface area (Å²) in [4.78, 5) is 2.13. The molecule has 0 fully saturated rings. The number of hydrogen-bond donors (Lipinski definition) is 1. The molecular formula is C12H17N3. The Morgan fingerprint density at radius 1 is 1.40 bits per heavy atom. The summed E-state index contributed by atoms with van der Waals surface area (Å²) in [7, 11) is 2.02. The number of rotatable bonds is 4. The molecule has 0 saturated heterocycles. The minimum Gasteiger partial charge on any atom is -0.399 e. The third-order valence-electron chi connectivity index (χ3n) is 2.36. The molecule has 3 heteroatoms. The molecule has 0 spiro atoms. The van der Waals surface area contributed by atoms with E-state index < -0.39 is 0 Å². The molecule has 0 unspecified atom stereocenters. The van der Waals surface area contributed by atoms with Crippen LogP contribution in [0.2, 0.25) is 0 Å². The topological polar surface area (TPSA) is 53.0 Å². The van der Waals surface area contributed by atoms with Crippen molar-refractivity contribution in [2.75, 3.05) is 24.2 Å². The van der Waals surface area contributed by atoms with Crippen molar-refractivity contribution in [1.29, 1.82) is 5.26 Å². The van der Waals surface area contributed by atoms with Crippen molar-refractivity contribution in [3.63, 3.8) is 0 Å². The average Bonchev–Trinajstić information content (AvgIpc) is 2.24. The van der Waals surface area contributed by atoms with Crippen LogP contribution in [0.4, 0.5) is 11.4 Å². The lowest BCUT2D eigenvalue weighted by Gasteiger charge is -2.19. The second-order valence-electron chi connectivity index (χ2n) is 3.70. The second kappa shape index (κ2) is 5.26. The summed E-state index contributed by atoms with van der Waals surface area (Å²) in [6.45, 7) is 3.15. The van der Waals surface area contributed by atoms with Gasteiger partial charge in [0.25, 0.3) is 0 Å². The number of nitrogen functional groups attached to an aromatic ring is 1. The minimum absolute atomic E-state index is 0.619. The molecule has 0 aliphatic carbocycles. The maximum atomic E-state index is 8.82. The molecule has 2 N–H and O–H groups in total. The molecule has 0 heterocycles. The highest BCUT2D eigenvalue weighted by Gasteiger charge is 2.03. The molecule has 0 radical (unpaired) electrons. The number of unbranched alkanes of at least 4 members (excludes halogenated alkanes) is 1. The SMILES string of the molecule is CCCCN(C)c1cc(N)cc(C#N)c1. The van der Waals surface area contributed by atoms with E-state index in [9.17, 15) is 0 Å². The van der Waals surface area contributed by atoms with Gasteiger partial charge in [-0.1, -0.05) is 13.3 Å². The highest BCUT2D eigenvalue weighted by molar-refractivity contribution is 5.60. The number of nitrogens with zero attached hydrogens (tertiary/aromatic N) is 2. The lowest BCUT2D eigenvalue weighted by atomic mass is 10.1. The molecule has 0 bridgehead atoms. The molecule has 0 aromatic heterocycles. The molecule has 0 aliphatic heterocycles. The third-order valence-corrected chi connectivity index (χ3v) is 2.36. The molecule has 1 aromatic carbocycles. The van der Waals surface area contributed by atoms with Crippen molar-refractivity contribution in [2.45, 2.75) is 19.8 Å². The summed E-state index contributed by atoms with van der Waals surface area (Å²) in [5, 5.41) is 8.82. The maximum absolute atomic E-state index is 8.82. The summed E-state index contributed by atoms with van der Waals surface area (Å²) >= 11 is 0. The molecular weight excluding hydrogens is 186 g/mol. The van der Waals surface area contributed by atoms with Crippen molar-refractivity contribution < 1.29 is 0 Å². The van der Waals surface area contributed by atoms with E-state index in [1.807, 2.05) is 19.2 Å². The van der Waals surface area contributed by atoms with Gasteiger partial charge in [0.1, 0.15) is 0 Å². The van der Waals surface area contributed by atoms with E-state index in [0.717, 1.165) is 25.1 Å². The minimum atomic E-state index is 0.619. The predicted molar refractivity (Wildman–Crippen MR) is 63.7 cm³/mol. The predicted octanol–water partition coefficient (Wildman–Crippen LogP) is 2.38. The lowest BCUT2D eigenvalue weighted by molar-refractivity contribution is 0.767. The largest absolute Gasteiger partial charge is 0.399 e. The van der Waals surface area contributed by atoms with Gasteiger partial charge < -0.3 is 10.6 Å². The highest BCUT2D eigenvalue weighted by atomic mass is 15.1. The average molecular weight is 203 g/mol. The van der Waals surface area contributed by atoms with Gasteiger partial charge in [-0.2, -0.15) is 5.26 Å². The first kappa shape index (κ1) is 11.4. The van der Waals surface area contributed by atoms with E-state index in [0.29, 0.717) is 11.3 Å². The Morgan fingerprint density at radius 3 is 2.73 bits per heavy atom. The smallest absolute Gasteiger partial charge is 0.0993 e. The highest BCUT2D eigenvalue weighted by Crippen LogP contribution is 2.19. The van der Waals surface area contributed by atoms with Gasteiger partial charge >= 0.3 is 0 Å². The summed E-state index contributed by atoms with van der Waals surface area (Å²) in [6, 6.07) is 7.57. The fourth-order valence-electron chi connectivity index (χ4n) is 1.44. The van der Waals surface area contributed by atoms with Crippen molar-refractivity contribution >= 4 is 11.4 Å². The van der Waals surface area contributed by atoms with Crippen LogP contribution < -0.4 is 10.6 Å². The van der Waals surface area contributed by atoms with E-state index >= 15 is 0 Å². The Morgan fingerprint density at radius 2 is 2.13 bits per heavy atom. The van der Waals surface area contributed by atoms with Gasteiger partial charge in [-0.25, -0.2) is 0 Å². The molecule has 1 aromatic rings. The molecule has 1 rings (SSSR count). The standard InChI is InChI=1S/C12H17N3/c1-3-4-5-15(2)12-7-10(9-13)6-11(14)8-12/h6-8H,3-5,14H2,1-2H3. The van der Waals surface area contributed by atoms with Crippen LogP contribution in [0.15, 0.2) is 18.2 Å². The fourth-order valence-corrected chi connectivity index (χ4v) is 1.44. The zero-order valence-corrected chi connectivity index (χ0v) is 9.33. The number of anilines is 2. The summed E-state index contributed by atoms with van der Waals surface area (Å²) in [6.07, 6.45) is 2.31. The number of nitrogens with two attached hydrogens (primary N) is 1. The number of nitriles is 1. The molecule has 15 heavy (non-hydrogen) atoms. The van der Waals surface area contributed by atoms with Crippen molar-refractivity contribution in [1.82, 2.24) is 0 Å². The van der Waals surface area contributed by atoms with Crippen molar-refractivity contribution in [2.24, 2.45) is 0 Å². The Bertz CT molecular complexity index is 366. The molecule has 80 valence electrons. The molecule has 0 aliphatic rings. The summed E-state index contributed by atoms with van der Waals surface area (Å²) < 4.78 is 0. The first-order valence-corrected chi connectivity index (χ1v) is 5.19.